The van der Waals surface area contributed by atoms with E-state index in [1.54, 1.807) is 18.3 Å². The lowest BCUT2D eigenvalue weighted by Crippen LogP contribution is -2.22. The van der Waals surface area contributed by atoms with Gasteiger partial charge in [-0.25, -0.2) is 4.98 Å². The van der Waals surface area contributed by atoms with Gasteiger partial charge in [0.25, 0.3) is 11.5 Å². The molecule has 0 aliphatic heterocycles. The van der Waals surface area contributed by atoms with Crippen LogP contribution in [0.4, 0.5) is 5.69 Å². The zero-order chi connectivity index (χ0) is 24.8. The second-order valence-corrected chi connectivity index (χ2v) is 9.77. The molecule has 4 rings (SSSR count). The smallest absolute Gasteiger partial charge is 0.282 e. The molecule has 0 saturated carbocycles. The minimum Gasteiger partial charge on any atom is -0.483 e. The van der Waals surface area contributed by atoms with Crippen molar-refractivity contribution < 1.29 is 9.53 Å². The van der Waals surface area contributed by atoms with Gasteiger partial charge in [0, 0.05) is 16.6 Å². The van der Waals surface area contributed by atoms with Gasteiger partial charge in [-0.15, -0.1) is 0 Å². The number of anilines is 1. The van der Waals surface area contributed by atoms with E-state index in [4.69, 9.17) is 4.74 Å². The van der Waals surface area contributed by atoms with Gasteiger partial charge in [0.05, 0.1) is 20.7 Å². The van der Waals surface area contributed by atoms with Crippen LogP contribution in [0.1, 0.15) is 24.7 Å². The first-order chi connectivity index (χ1) is 16.9. The number of benzene rings is 3. The molecule has 1 N–H and O–H groups in total. The van der Waals surface area contributed by atoms with Gasteiger partial charge in [-0.2, -0.15) is 9.78 Å². The first kappa shape index (κ1) is 25.1. The van der Waals surface area contributed by atoms with E-state index in [1.807, 2.05) is 61.5 Å². The number of amides is 1. The van der Waals surface area contributed by atoms with Crippen molar-refractivity contribution in [2.24, 2.45) is 5.10 Å². The number of fused-ring (bicyclic) bond motifs is 1. The molecular weight excluding hydrogens is 623 g/mol. The zero-order valence-corrected chi connectivity index (χ0v) is 22.6. The third-order valence-electron chi connectivity index (χ3n) is 5.04. The molecule has 0 saturated heterocycles. The number of rotatable bonds is 8. The Hall–Kier alpha value is -3.05. The second kappa shape index (κ2) is 11.6. The molecule has 0 bridgehead atoms. The summed E-state index contributed by atoms with van der Waals surface area (Å²) in [5.74, 6) is 0.964. The summed E-state index contributed by atoms with van der Waals surface area (Å²) in [7, 11) is 0. The standard InChI is InChI=1S/C26H22BrIN4O3/c1-2-6-24-31-22-11-10-18(27)14-20(22)26(34)32(24)29-15-17-9-12-23(21(28)13-17)35-16-25(33)30-19-7-4-3-5-8-19/h3-5,7-15H,2,6,16H2,1H3,(H,30,33). The highest BCUT2D eigenvalue weighted by molar-refractivity contribution is 14.1. The number of ether oxygens (including phenoxy) is 1. The molecule has 0 atom stereocenters. The van der Waals surface area contributed by atoms with E-state index in [9.17, 15) is 9.59 Å². The molecule has 0 aliphatic carbocycles. The quantitative estimate of drug-likeness (QED) is 0.199. The van der Waals surface area contributed by atoms with Crippen molar-refractivity contribution in [3.63, 3.8) is 0 Å². The van der Waals surface area contributed by atoms with E-state index in [0.29, 0.717) is 28.9 Å². The maximum atomic E-state index is 13.1. The van der Waals surface area contributed by atoms with Gasteiger partial charge >= 0.3 is 0 Å². The van der Waals surface area contributed by atoms with E-state index in [0.717, 1.165) is 25.7 Å². The van der Waals surface area contributed by atoms with Gasteiger partial charge in [0.15, 0.2) is 6.61 Å². The number of nitrogens with zero attached hydrogens (tertiary/aromatic N) is 3. The van der Waals surface area contributed by atoms with Crippen molar-refractivity contribution in [3.05, 3.63) is 96.5 Å². The molecule has 35 heavy (non-hydrogen) atoms. The summed E-state index contributed by atoms with van der Waals surface area (Å²) in [5, 5.41) is 7.75. The van der Waals surface area contributed by atoms with Crippen LogP contribution in [0, 0.1) is 3.57 Å². The molecule has 0 unspecified atom stereocenters. The summed E-state index contributed by atoms with van der Waals surface area (Å²) in [6.45, 7) is 1.93. The lowest BCUT2D eigenvalue weighted by atomic mass is 10.2. The molecule has 7 nitrogen and oxygen atoms in total. The van der Waals surface area contributed by atoms with Crippen molar-refractivity contribution in [3.8, 4) is 5.75 Å². The minimum absolute atomic E-state index is 0.105. The van der Waals surface area contributed by atoms with Gasteiger partial charge in [0.1, 0.15) is 11.6 Å². The summed E-state index contributed by atoms with van der Waals surface area (Å²) in [5.41, 5.74) is 1.95. The SMILES string of the molecule is CCCc1nc2ccc(Br)cc2c(=O)n1N=Cc1ccc(OCC(=O)Nc2ccccc2)c(I)c1. The van der Waals surface area contributed by atoms with Crippen LogP contribution in [-0.2, 0) is 11.2 Å². The summed E-state index contributed by atoms with van der Waals surface area (Å²) in [6.07, 6.45) is 3.10. The molecule has 0 radical (unpaired) electrons. The van der Waals surface area contributed by atoms with Crippen LogP contribution in [0.2, 0.25) is 0 Å². The van der Waals surface area contributed by atoms with Gasteiger partial charge in [-0.1, -0.05) is 41.1 Å². The lowest BCUT2D eigenvalue weighted by molar-refractivity contribution is -0.118. The van der Waals surface area contributed by atoms with Crippen molar-refractivity contribution >= 4 is 67.2 Å². The molecule has 178 valence electrons. The normalized spacial score (nSPS) is 11.2. The van der Waals surface area contributed by atoms with E-state index in [-0.39, 0.29) is 18.1 Å². The monoisotopic (exact) mass is 644 g/mol. The Morgan fingerprint density at radius 2 is 1.97 bits per heavy atom. The number of carbonyl (C=O) groups excluding carboxylic acids is 1. The number of hydrogen-bond donors (Lipinski definition) is 1. The first-order valence-corrected chi connectivity index (χ1v) is 12.8. The number of carbonyl (C=O) groups is 1. The molecule has 1 heterocycles. The van der Waals surface area contributed by atoms with Crippen molar-refractivity contribution in [2.75, 3.05) is 11.9 Å². The van der Waals surface area contributed by atoms with Crippen molar-refractivity contribution in [2.45, 2.75) is 19.8 Å². The van der Waals surface area contributed by atoms with Crippen LogP contribution in [0.5, 0.6) is 5.75 Å². The topological polar surface area (TPSA) is 85.6 Å². The fourth-order valence-electron chi connectivity index (χ4n) is 3.40. The maximum absolute atomic E-state index is 13.1. The van der Waals surface area contributed by atoms with E-state index < -0.39 is 0 Å². The molecule has 0 spiro atoms. The van der Waals surface area contributed by atoms with Crippen LogP contribution in [0.15, 0.2) is 81.1 Å². The molecule has 1 amide bonds. The summed E-state index contributed by atoms with van der Waals surface area (Å²) < 4.78 is 8.68. The fraction of sp³-hybridized carbons (Fsp3) is 0.154. The number of para-hydroxylation sites is 1. The first-order valence-electron chi connectivity index (χ1n) is 11.0. The average Bonchev–Trinajstić information content (AvgIpc) is 2.84. The second-order valence-electron chi connectivity index (χ2n) is 7.69. The fourth-order valence-corrected chi connectivity index (χ4v) is 4.46. The van der Waals surface area contributed by atoms with Crippen molar-refractivity contribution in [1.29, 1.82) is 0 Å². The number of aromatic nitrogens is 2. The summed E-state index contributed by atoms with van der Waals surface area (Å²) in [4.78, 5) is 29.9. The Morgan fingerprint density at radius 3 is 2.71 bits per heavy atom. The lowest BCUT2D eigenvalue weighted by Gasteiger charge is -2.10. The van der Waals surface area contributed by atoms with Crippen LogP contribution in [0.25, 0.3) is 10.9 Å². The van der Waals surface area contributed by atoms with Crippen LogP contribution in [0.3, 0.4) is 0 Å². The third kappa shape index (κ3) is 6.34. The minimum atomic E-state index is -0.240. The number of nitrogens with one attached hydrogen (secondary N) is 1. The van der Waals surface area contributed by atoms with Gasteiger partial charge in [0.2, 0.25) is 0 Å². The Labute approximate surface area is 224 Å². The predicted octanol–water partition coefficient (Wildman–Crippen LogP) is 5.62. The molecule has 0 aliphatic rings. The van der Waals surface area contributed by atoms with Gasteiger partial charge in [-0.05, 0) is 83.1 Å². The highest BCUT2D eigenvalue weighted by atomic mass is 127. The largest absolute Gasteiger partial charge is 0.483 e. The number of aryl methyl sites for hydroxylation is 1. The molecule has 1 aromatic heterocycles. The Kier molecular flexibility index (Phi) is 8.29. The van der Waals surface area contributed by atoms with Crippen LogP contribution in [-0.4, -0.2) is 28.4 Å². The maximum Gasteiger partial charge on any atom is 0.282 e. The molecule has 4 aromatic rings. The molecular formula is C26H22BrIN4O3. The summed E-state index contributed by atoms with van der Waals surface area (Å²) >= 11 is 5.56. The third-order valence-corrected chi connectivity index (χ3v) is 6.38. The average molecular weight is 645 g/mol. The molecule has 9 heteroatoms. The number of halogens is 2. The van der Waals surface area contributed by atoms with E-state index in [1.165, 1.54) is 4.68 Å². The van der Waals surface area contributed by atoms with Gasteiger partial charge < -0.3 is 10.1 Å². The zero-order valence-electron chi connectivity index (χ0n) is 18.9. The van der Waals surface area contributed by atoms with Crippen LogP contribution < -0.4 is 15.6 Å². The number of hydrogen-bond acceptors (Lipinski definition) is 5. The Morgan fingerprint density at radius 1 is 1.17 bits per heavy atom. The Balaban J connectivity index is 1.51. The van der Waals surface area contributed by atoms with Crippen LogP contribution >= 0.6 is 38.5 Å². The van der Waals surface area contributed by atoms with Crippen molar-refractivity contribution in [1.82, 2.24) is 9.66 Å². The molecule has 0 fully saturated rings. The Bertz CT molecular complexity index is 1450. The summed E-state index contributed by atoms with van der Waals surface area (Å²) in [6, 6.07) is 20.2. The highest BCUT2D eigenvalue weighted by Gasteiger charge is 2.11. The molecule has 3 aromatic carbocycles. The van der Waals surface area contributed by atoms with E-state index in [2.05, 4.69) is 53.9 Å². The predicted molar refractivity (Wildman–Crippen MR) is 150 cm³/mol. The van der Waals surface area contributed by atoms with Gasteiger partial charge in [-0.3, -0.25) is 9.59 Å². The van der Waals surface area contributed by atoms with E-state index >= 15 is 0 Å². The highest BCUT2D eigenvalue weighted by Crippen LogP contribution is 2.22.